The van der Waals surface area contributed by atoms with Crippen molar-refractivity contribution in [3.8, 4) is 28.4 Å². The summed E-state index contributed by atoms with van der Waals surface area (Å²) in [5, 5.41) is 13.0. The van der Waals surface area contributed by atoms with Gasteiger partial charge in [-0.1, -0.05) is 24.3 Å². The molecule has 1 heterocycles. The SMILES string of the molecule is COc1c(O)c2c3c(c1OC)-c1ccccc1C[C@H]3[NH2+]CC2. The summed E-state index contributed by atoms with van der Waals surface area (Å²) in [6.45, 7) is 0.988. The van der Waals surface area contributed by atoms with Gasteiger partial charge in [0.15, 0.2) is 11.5 Å². The molecule has 0 aromatic heterocycles. The van der Waals surface area contributed by atoms with Crippen LogP contribution in [-0.2, 0) is 12.8 Å². The first-order valence-corrected chi connectivity index (χ1v) is 7.67. The van der Waals surface area contributed by atoms with E-state index in [2.05, 4.69) is 29.6 Å². The van der Waals surface area contributed by atoms with E-state index in [-0.39, 0.29) is 5.75 Å². The highest BCUT2D eigenvalue weighted by Gasteiger charge is 2.38. The van der Waals surface area contributed by atoms with Crippen LogP contribution in [0.25, 0.3) is 11.1 Å². The monoisotopic (exact) mass is 298 g/mol. The molecule has 0 unspecified atom stereocenters. The third kappa shape index (κ3) is 1.67. The lowest BCUT2D eigenvalue weighted by atomic mass is 9.77. The first-order chi connectivity index (χ1) is 10.8. The molecule has 0 bridgehead atoms. The van der Waals surface area contributed by atoms with Crippen molar-refractivity contribution in [2.75, 3.05) is 20.8 Å². The largest absolute Gasteiger partial charge is 0.504 e. The summed E-state index contributed by atoms with van der Waals surface area (Å²) in [6, 6.07) is 8.79. The number of hydrogen-bond acceptors (Lipinski definition) is 3. The van der Waals surface area contributed by atoms with Crippen molar-refractivity contribution in [1.29, 1.82) is 0 Å². The Morgan fingerprint density at radius 1 is 1.14 bits per heavy atom. The minimum Gasteiger partial charge on any atom is -0.504 e. The molecule has 0 saturated heterocycles. The molecule has 3 N–H and O–H groups in total. The highest BCUT2D eigenvalue weighted by Crippen LogP contribution is 2.53. The summed E-state index contributed by atoms with van der Waals surface area (Å²) in [5.41, 5.74) is 5.86. The average Bonchev–Trinajstić information content (AvgIpc) is 2.56. The molecule has 1 aliphatic carbocycles. The van der Waals surface area contributed by atoms with Crippen LogP contribution in [0.15, 0.2) is 24.3 Å². The fourth-order valence-corrected chi connectivity index (χ4v) is 3.98. The molecule has 1 atom stereocenters. The number of methoxy groups -OCH3 is 2. The maximum Gasteiger partial charge on any atom is 0.204 e. The van der Waals surface area contributed by atoms with Crippen LogP contribution in [0.1, 0.15) is 22.7 Å². The molecule has 2 aromatic carbocycles. The van der Waals surface area contributed by atoms with Crippen LogP contribution >= 0.6 is 0 Å². The highest BCUT2D eigenvalue weighted by atomic mass is 16.5. The van der Waals surface area contributed by atoms with E-state index in [9.17, 15) is 5.11 Å². The first-order valence-electron chi connectivity index (χ1n) is 7.67. The van der Waals surface area contributed by atoms with Gasteiger partial charge in [-0.2, -0.15) is 0 Å². The molecule has 2 aliphatic rings. The number of phenolic OH excluding ortho intramolecular Hbond substituents is 1. The standard InChI is InChI=1S/C18H19NO3/c1-21-17-15-11-6-4-3-5-10(11)9-13-14(15)12(7-8-19-13)16(20)18(17)22-2/h3-6,13,19-20H,7-9H2,1-2H3/p+1/t13-/m1/s1. The van der Waals surface area contributed by atoms with Crippen LogP contribution in [0, 0.1) is 0 Å². The van der Waals surface area contributed by atoms with Gasteiger partial charge < -0.3 is 19.9 Å². The Hall–Kier alpha value is -2.20. The summed E-state index contributed by atoms with van der Waals surface area (Å²) < 4.78 is 11.1. The molecule has 0 spiro atoms. The van der Waals surface area contributed by atoms with Crippen molar-refractivity contribution in [3.63, 3.8) is 0 Å². The van der Waals surface area contributed by atoms with Crippen LogP contribution in [-0.4, -0.2) is 25.9 Å². The van der Waals surface area contributed by atoms with Gasteiger partial charge in [-0.05, 0) is 11.1 Å². The molecule has 0 saturated carbocycles. The van der Waals surface area contributed by atoms with E-state index >= 15 is 0 Å². The van der Waals surface area contributed by atoms with Crippen molar-refractivity contribution < 1.29 is 19.9 Å². The van der Waals surface area contributed by atoms with Gasteiger partial charge in [0.05, 0.1) is 20.8 Å². The molecule has 0 fully saturated rings. The van der Waals surface area contributed by atoms with E-state index in [1.165, 1.54) is 16.7 Å². The minimum absolute atomic E-state index is 0.246. The van der Waals surface area contributed by atoms with E-state index in [0.29, 0.717) is 17.5 Å². The maximum atomic E-state index is 10.6. The Balaban J connectivity index is 2.13. The third-order valence-electron chi connectivity index (χ3n) is 4.88. The van der Waals surface area contributed by atoms with Gasteiger partial charge >= 0.3 is 0 Å². The second-order valence-corrected chi connectivity index (χ2v) is 5.92. The van der Waals surface area contributed by atoms with Crippen LogP contribution in [0.3, 0.4) is 0 Å². The predicted molar refractivity (Wildman–Crippen MR) is 83.6 cm³/mol. The smallest absolute Gasteiger partial charge is 0.204 e. The quantitative estimate of drug-likeness (QED) is 0.889. The van der Waals surface area contributed by atoms with Crippen molar-refractivity contribution in [2.45, 2.75) is 18.9 Å². The zero-order valence-electron chi connectivity index (χ0n) is 12.8. The number of quaternary nitrogens is 1. The maximum absolute atomic E-state index is 10.6. The second-order valence-electron chi connectivity index (χ2n) is 5.92. The molecule has 0 amide bonds. The van der Waals surface area contributed by atoms with Gasteiger partial charge in [-0.15, -0.1) is 0 Å². The molecule has 4 nitrogen and oxygen atoms in total. The van der Waals surface area contributed by atoms with Crippen molar-refractivity contribution in [3.05, 3.63) is 41.0 Å². The average molecular weight is 298 g/mol. The third-order valence-corrected chi connectivity index (χ3v) is 4.88. The number of nitrogens with two attached hydrogens (primary N) is 1. The summed E-state index contributed by atoms with van der Waals surface area (Å²) in [7, 11) is 3.22. The number of phenols is 1. The Morgan fingerprint density at radius 3 is 2.68 bits per heavy atom. The second kappa shape index (κ2) is 4.92. The summed E-state index contributed by atoms with van der Waals surface area (Å²) in [6.07, 6.45) is 1.85. The van der Waals surface area contributed by atoms with Crippen LogP contribution in [0.2, 0.25) is 0 Å². The molecule has 1 aliphatic heterocycles. The van der Waals surface area contributed by atoms with Gasteiger partial charge in [0.1, 0.15) is 6.04 Å². The molecule has 114 valence electrons. The fourth-order valence-electron chi connectivity index (χ4n) is 3.98. The Bertz CT molecular complexity index is 754. The van der Waals surface area contributed by atoms with Gasteiger partial charge in [-0.25, -0.2) is 0 Å². The summed E-state index contributed by atoms with van der Waals surface area (Å²) in [4.78, 5) is 0. The predicted octanol–water partition coefficient (Wildman–Crippen LogP) is 1.79. The van der Waals surface area contributed by atoms with Crippen molar-refractivity contribution in [1.82, 2.24) is 0 Å². The number of aromatic hydroxyl groups is 1. The lowest BCUT2D eigenvalue weighted by molar-refractivity contribution is -0.698. The van der Waals surface area contributed by atoms with Crippen molar-refractivity contribution >= 4 is 0 Å². The van der Waals surface area contributed by atoms with E-state index in [1.54, 1.807) is 14.2 Å². The lowest BCUT2D eigenvalue weighted by Gasteiger charge is -2.33. The number of fused-ring (bicyclic) bond motifs is 2. The minimum atomic E-state index is 0.246. The Kier molecular flexibility index (Phi) is 3.01. The van der Waals surface area contributed by atoms with Gasteiger partial charge in [-0.3, -0.25) is 0 Å². The number of rotatable bonds is 2. The molecule has 4 rings (SSSR count). The molecule has 2 aromatic rings. The molecular weight excluding hydrogens is 278 g/mol. The van der Waals surface area contributed by atoms with Crippen LogP contribution < -0.4 is 14.8 Å². The Labute approximate surface area is 129 Å². The van der Waals surface area contributed by atoms with Gasteiger partial charge in [0.25, 0.3) is 0 Å². The fraction of sp³-hybridized carbons (Fsp3) is 0.333. The molecular formula is C18H20NO3+. The molecule has 22 heavy (non-hydrogen) atoms. The molecule has 4 heteroatoms. The van der Waals surface area contributed by atoms with Crippen LogP contribution in [0.4, 0.5) is 0 Å². The zero-order chi connectivity index (χ0) is 15.3. The van der Waals surface area contributed by atoms with E-state index < -0.39 is 0 Å². The van der Waals surface area contributed by atoms with E-state index in [1.807, 2.05) is 0 Å². The highest BCUT2D eigenvalue weighted by molar-refractivity contribution is 5.85. The van der Waals surface area contributed by atoms with Crippen molar-refractivity contribution in [2.24, 2.45) is 0 Å². The van der Waals surface area contributed by atoms with Crippen LogP contribution in [0.5, 0.6) is 17.2 Å². The number of hydrogen-bond donors (Lipinski definition) is 2. The van der Waals surface area contributed by atoms with E-state index in [0.717, 1.165) is 30.5 Å². The first kappa shape index (κ1) is 13.5. The normalized spacial score (nSPS) is 18.4. The number of benzene rings is 2. The Morgan fingerprint density at radius 2 is 1.91 bits per heavy atom. The number of ether oxygens (including phenoxy) is 2. The van der Waals surface area contributed by atoms with Gasteiger partial charge in [0, 0.05) is 29.5 Å². The lowest BCUT2D eigenvalue weighted by Crippen LogP contribution is -2.87. The molecule has 0 radical (unpaired) electrons. The zero-order valence-corrected chi connectivity index (χ0v) is 12.8. The van der Waals surface area contributed by atoms with E-state index in [4.69, 9.17) is 9.47 Å². The van der Waals surface area contributed by atoms with Gasteiger partial charge in [0.2, 0.25) is 5.75 Å². The topological polar surface area (TPSA) is 55.3 Å². The summed E-state index contributed by atoms with van der Waals surface area (Å²) in [5.74, 6) is 1.34. The summed E-state index contributed by atoms with van der Waals surface area (Å²) >= 11 is 0.